The van der Waals surface area contributed by atoms with Crippen LogP contribution in [-0.2, 0) is 4.79 Å². The molecule has 6 heteroatoms. The van der Waals surface area contributed by atoms with E-state index in [1.54, 1.807) is 6.33 Å². The van der Waals surface area contributed by atoms with Crippen LogP contribution in [0.3, 0.4) is 0 Å². The number of para-hydroxylation sites is 1. The second-order valence-corrected chi connectivity index (χ2v) is 7.07. The minimum absolute atomic E-state index is 0.0807. The molecule has 0 unspecified atom stereocenters. The maximum Gasteiger partial charge on any atom is 0.230 e. The third kappa shape index (κ3) is 4.34. The van der Waals surface area contributed by atoms with Gasteiger partial charge < -0.3 is 5.32 Å². The molecule has 0 radical (unpaired) electrons. The topological polar surface area (TPSA) is 59.8 Å². The van der Waals surface area contributed by atoms with Crippen LogP contribution in [-0.4, -0.2) is 32.5 Å². The van der Waals surface area contributed by atoms with Gasteiger partial charge in [0.05, 0.1) is 5.75 Å². The molecule has 1 aromatic carbocycles. The molecular weight excluding hydrogens is 308 g/mol. The smallest absolute Gasteiger partial charge is 0.230 e. The molecule has 2 aromatic rings. The SMILES string of the molecule is CC1CCC(NC(=O)CSc2nncn2-c2ccccc2)CC1. The van der Waals surface area contributed by atoms with Crippen molar-refractivity contribution in [3.05, 3.63) is 36.7 Å². The summed E-state index contributed by atoms with van der Waals surface area (Å²) in [6, 6.07) is 10.2. The fourth-order valence-corrected chi connectivity index (χ4v) is 3.63. The zero-order valence-corrected chi connectivity index (χ0v) is 14.1. The van der Waals surface area contributed by atoms with Crippen LogP contribution in [0.1, 0.15) is 32.6 Å². The van der Waals surface area contributed by atoms with Gasteiger partial charge in [-0.15, -0.1) is 10.2 Å². The highest BCUT2D eigenvalue weighted by Gasteiger charge is 2.20. The number of rotatable bonds is 5. The number of nitrogens with one attached hydrogen (secondary N) is 1. The van der Waals surface area contributed by atoms with Gasteiger partial charge in [0.1, 0.15) is 6.33 Å². The molecular formula is C17H22N4OS. The molecule has 0 atom stereocenters. The van der Waals surface area contributed by atoms with Gasteiger partial charge in [-0.3, -0.25) is 9.36 Å². The summed E-state index contributed by atoms with van der Waals surface area (Å²) in [6.07, 6.45) is 6.29. The minimum atomic E-state index is 0.0807. The van der Waals surface area contributed by atoms with Gasteiger partial charge in [-0.25, -0.2) is 0 Å². The molecule has 3 rings (SSSR count). The van der Waals surface area contributed by atoms with Crippen molar-refractivity contribution >= 4 is 17.7 Å². The first-order chi connectivity index (χ1) is 11.2. The number of hydrogen-bond acceptors (Lipinski definition) is 4. The van der Waals surface area contributed by atoms with Crippen LogP contribution >= 0.6 is 11.8 Å². The number of amides is 1. The number of carbonyl (C=O) groups is 1. The molecule has 0 spiro atoms. The Kier molecular flexibility index (Phi) is 5.33. The molecule has 1 heterocycles. The molecule has 0 aliphatic heterocycles. The molecule has 1 fully saturated rings. The Bertz CT molecular complexity index is 635. The maximum atomic E-state index is 12.1. The van der Waals surface area contributed by atoms with Crippen molar-refractivity contribution in [3.8, 4) is 5.69 Å². The van der Waals surface area contributed by atoms with Crippen LogP contribution in [0.2, 0.25) is 0 Å². The highest BCUT2D eigenvalue weighted by molar-refractivity contribution is 7.99. The quantitative estimate of drug-likeness (QED) is 0.856. The van der Waals surface area contributed by atoms with Gasteiger partial charge in [0, 0.05) is 11.7 Å². The van der Waals surface area contributed by atoms with E-state index in [4.69, 9.17) is 0 Å². The summed E-state index contributed by atoms with van der Waals surface area (Å²) >= 11 is 1.42. The molecule has 122 valence electrons. The summed E-state index contributed by atoms with van der Waals surface area (Å²) in [4.78, 5) is 12.1. The van der Waals surface area contributed by atoms with E-state index in [1.807, 2.05) is 34.9 Å². The van der Waals surface area contributed by atoms with Crippen LogP contribution in [0.15, 0.2) is 41.8 Å². The lowest BCUT2D eigenvalue weighted by molar-refractivity contribution is -0.119. The van der Waals surface area contributed by atoms with Crippen LogP contribution in [0.25, 0.3) is 5.69 Å². The lowest BCUT2D eigenvalue weighted by atomic mass is 9.87. The Morgan fingerprint density at radius 2 is 2.00 bits per heavy atom. The molecule has 0 bridgehead atoms. The van der Waals surface area contributed by atoms with Gasteiger partial charge in [0.25, 0.3) is 0 Å². The molecule has 1 aromatic heterocycles. The van der Waals surface area contributed by atoms with E-state index in [0.29, 0.717) is 11.8 Å². The van der Waals surface area contributed by atoms with E-state index >= 15 is 0 Å². The largest absolute Gasteiger partial charge is 0.353 e. The monoisotopic (exact) mass is 330 g/mol. The second-order valence-electron chi connectivity index (χ2n) is 6.13. The van der Waals surface area contributed by atoms with Gasteiger partial charge in [-0.05, 0) is 43.7 Å². The van der Waals surface area contributed by atoms with E-state index in [0.717, 1.165) is 29.6 Å². The first-order valence-electron chi connectivity index (χ1n) is 8.10. The van der Waals surface area contributed by atoms with E-state index < -0.39 is 0 Å². The summed E-state index contributed by atoms with van der Waals surface area (Å²) in [5.74, 6) is 1.25. The molecule has 1 aliphatic carbocycles. The zero-order chi connectivity index (χ0) is 16.1. The third-order valence-corrected chi connectivity index (χ3v) is 5.21. The molecule has 1 saturated carbocycles. The molecule has 1 aliphatic rings. The first-order valence-corrected chi connectivity index (χ1v) is 9.08. The molecule has 0 saturated heterocycles. The fourth-order valence-electron chi connectivity index (χ4n) is 2.89. The van der Waals surface area contributed by atoms with Gasteiger partial charge in [-0.2, -0.15) is 0 Å². The molecule has 5 nitrogen and oxygen atoms in total. The van der Waals surface area contributed by atoms with Crippen molar-refractivity contribution < 1.29 is 4.79 Å². The minimum Gasteiger partial charge on any atom is -0.353 e. The predicted molar refractivity (Wildman–Crippen MR) is 91.6 cm³/mol. The van der Waals surface area contributed by atoms with E-state index in [9.17, 15) is 4.79 Å². The molecule has 1 N–H and O–H groups in total. The fraction of sp³-hybridized carbons (Fsp3) is 0.471. The Labute approximate surface area is 140 Å². The number of nitrogens with zero attached hydrogens (tertiary/aromatic N) is 3. The van der Waals surface area contributed by atoms with E-state index in [1.165, 1.54) is 24.6 Å². The number of thioether (sulfide) groups is 1. The van der Waals surface area contributed by atoms with Gasteiger partial charge in [-0.1, -0.05) is 36.9 Å². The number of carbonyl (C=O) groups excluding carboxylic acids is 1. The van der Waals surface area contributed by atoms with Crippen LogP contribution in [0.4, 0.5) is 0 Å². The summed E-state index contributed by atoms with van der Waals surface area (Å²) in [5, 5.41) is 12.0. The Morgan fingerprint density at radius 1 is 1.26 bits per heavy atom. The van der Waals surface area contributed by atoms with Crippen molar-refractivity contribution in [1.82, 2.24) is 20.1 Å². The van der Waals surface area contributed by atoms with Crippen LogP contribution in [0, 0.1) is 5.92 Å². The van der Waals surface area contributed by atoms with Crippen molar-refractivity contribution in [2.24, 2.45) is 5.92 Å². The average molecular weight is 330 g/mol. The van der Waals surface area contributed by atoms with Gasteiger partial charge in [0.15, 0.2) is 5.16 Å². The molecule has 23 heavy (non-hydrogen) atoms. The van der Waals surface area contributed by atoms with Crippen LogP contribution < -0.4 is 5.32 Å². The maximum absolute atomic E-state index is 12.1. The average Bonchev–Trinajstić information content (AvgIpc) is 3.04. The van der Waals surface area contributed by atoms with Crippen molar-refractivity contribution in [2.75, 3.05) is 5.75 Å². The Balaban J connectivity index is 1.53. The summed E-state index contributed by atoms with van der Waals surface area (Å²) < 4.78 is 1.90. The summed E-state index contributed by atoms with van der Waals surface area (Å²) in [6.45, 7) is 2.28. The van der Waals surface area contributed by atoms with Crippen molar-refractivity contribution in [2.45, 2.75) is 43.8 Å². The lowest BCUT2D eigenvalue weighted by Crippen LogP contribution is -2.38. The second kappa shape index (κ2) is 7.64. The Hall–Kier alpha value is -1.82. The molecule has 1 amide bonds. The summed E-state index contributed by atoms with van der Waals surface area (Å²) in [7, 11) is 0. The van der Waals surface area contributed by atoms with E-state index in [-0.39, 0.29) is 5.91 Å². The zero-order valence-electron chi connectivity index (χ0n) is 13.3. The standard InChI is InChI=1S/C17H22N4OS/c1-13-7-9-14(10-8-13)19-16(22)11-23-17-20-18-12-21(17)15-5-3-2-4-6-15/h2-6,12-14H,7-11H2,1H3,(H,19,22). The summed E-state index contributed by atoms with van der Waals surface area (Å²) in [5.41, 5.74) is 1.00. The lowest BCUT2D eigenvalue weighted by Gasteiger charge is -2.26. The van der Waals surface area contributed by atoms with Crippen molar-refractivity contribution in [1.29, 1.82) is 0 Å². The number of hydrogen-bond donors (Lipinski definition) is 1. The highest BCUT2D eigenvalue weighted by atomic mass is 32.2. The third-order valence-electron chi connectivity index (χ3n) is 4.26. The van der Waals surface area contributed by atoms with Gasteiger partial charge in [0.2, 0.25) is 5.91 Å². The first kappa shape index (κ1) is 16.1. The number of benzene rings is 1. The van der Waals surface area contributed by atoms with E-state index in [2.05, 4.69) is 22.4 Å². The van der Waals surface area contributed by atoms with Gasteiger partial charge >= 0.3 is 0 Å². The predicted octanol–water partition coefficient (Wildman–Crippen LogP) is 3.05. The Morgan fingerprint density at radius 3 is 2.74 bits per heavy atom. The highest BCUT2D eigenvalue weighted by Crippen LogP contribution is 2.24. The van der Waals surface area contributed by atoms with Crippen LogP contribution in [0.5, 0.6) is 0 Å². The number of aromatic nitrogens is 3. The normalized spacial score (nSPS) is 21.1. The van der Waals surface area contributed by atoms with Crippen molar-refractivity contribution in [3.63, 3.8) is 0 Å².